The summed E-state index contributed by atoms with van der Waals surface area (Å²) >= 11 is 1.45. The summed E-state index contributed by atoms with van der Waals surface area (Å²) in [5.74, 6) is 0. The van der Waals surface area contributed by atoms with Crippen LogP contribution in [0.3, 0.4) is 0 Å². The third kappa shape index (κ3) is 0.904. The summed E-state index contributed by atoms with van der Waals surface area (Å²) in [7, 11) is 0. The molecule has 1 fully saturated rings. The molecule has 2 rings (SSSR count). The van der Waals surface area contributed by atoms with Crippen LogP contribution in [-0.2, 0) is 4.79 Å². The lowest BCUT2D eigenvalue weighted by Crippen LogP contribution is -2.03. The van der Waals surface area contributed by atoms with E-state index >= 15 is 0 Å². The van der Waals surface area contributed by atoms with Gasteiger partial charge in [0.2, 0.25) is 0 Å². The van der Waals surface area contributed by atoms with Gasteiger partial charge in [-0.15, -0.1) is 0 Å². The molecule has 1 saturated heterocycles. The predicted molar refractivity (Wildman–Crippen MR) is 42.2 cm³/mol. The molecule has 0 radical (unpaired) electrons. The van der Waals surface area contributed by atoms with Gasteiger partial charge in [-0.3, -0.25) is 9.79 Å². The topological polar surface area (TPSA) is 29.4 Å². The first-order chi connectivity index (χ1) is 4.86. The zero-order valence-electron chi connectivity index (χ0n) is 5.41. The maximum Gasteiger partial charge on any atom is 0.193 e. The Morgan fingerprint density at radius 3 is 3.40 bits per heavy atom. The molecule has 0 aliphatic carbocycles. The van der Waals surface area contributed by atoms with Crippen molar-refractivity contribution in [1.29, 1.82) is 0 Å². The maximum atomic E-state index is 10.9. The summed E-state index contributed by atoms with van der Waals surface area (Å²) in [6, 6.07) is 0. The summed E-state index contributed by atoms with van der Waals surface area (Å²) in [6.45, 7) is 0. The Hall–Kier alpha value is -0.570. The molecular formula is C7H7NOS. The highest BCUT2D eigenvalue weighted by molar-refractivity contribution is 8.14. The van der Waals surface area contributed by atoms with Gasteiger partial charge in [0.25, 0.3) is 0 Å². The van der Waals surface area contributed by atoms with E-state index in [0.717, 1.165) is 6.42 Å². The van der Waals surface area contributed by atoms with E-state index in [2.05, 4.69) is 4.99 Å². The van der Waals surface area contributed by atoms with Crippen molar-refractivity contribution >= 4 is 23.1 Å². The Balaban J connectivity index is 2.26. The van der Waals surface area contributed by atoms with Gasteiger partial charge in [0, 0.05) is 24.1 Å². The molecule has 1 unspecified atom stereocenters. The minimum atomic E-state index is 0.293. The summed E-state index contributed by atoms with van der Waals surface area (Å²) in [4.78, 5) is 14.9. The monoisotopic (exact) mass is 153 g/mol. The van der Waals surface area contributed by atoms with Gasteiger partial charge in [-0.2, -0.15) is 0 Å². The average Bonchev–Trinajstić information content (AvgIpc) is 2.27. The molecule has 0 spiro atoms. The van der Waals surface area contributed by atoms with Crippen LogP contribution in [0.15, 0.2) is 16.8 Å². The van der Waals surface area contributed by atoms with Crippen LogP contribution in [0, 0.1) is 0 Å². The lowest BCUT2D eigenvalue weighted by atomic mass is 10.1. The number of aliphatic imine (C=N–C) groups is 1. The number of carbonyl (C=O) groups excluding carboxylic acids is 1. The molecule has 0 amide bonds. The summed E-state index contributed by atoms with van der Waals surface area (Å²) in [5.41, 5.74) is 1.21. The molecule has 0 aromatic carbocycles. The van der Waals surface area contributed by atoms with Gasteiger partial charge in [-0.05, 0) is 12.0 Å². The van der Waals surface area contributed by atoms with E-state index in [4.69, 9.17) is 0 Å². The smallest absolute Gasteiger partial charge is 0.193 e. The van der Waals surface area contributed by atoms with Gasteiger partial charge in [0.05, 0.1) is 0 Å². The Labute approximate surface area is 63.4 Å². The van der Waals surface area contributed by atoms with Crippen molar-refractivity contribution in [3.8, 4) is 0 Å². The molecule has 0 saturated carbocycles. The molecule has 52 valence electrons. The van der Waals surface area contributed by atoms with Gasteiger partial charge in [0.15, 0.2) is 5.12 Å². The normalized spacial score (nSPS) is 30.2. The van der Waals surface area contributed by atoms with Crippen molar-refractivity contribution in [2.24, 2.45) is 4.99 Å². The number of hydrogen-bond acceptors (Lipinski definition) is 3. The van der Waals surface area contributed by atoms with Crippen molar-refractivity contribution < 1.29 is 4.79 Å². The minimum absolute atomic E-state index is 0.293. The second kappa shape index (κ2) is 2.23. The van der Waals surface area contributed by atoms with E-state index in [1.54, 1.807) is 0 Å². The molecule has 10 heavy (non-hydrogen) atoms. The third-order valence-corrected chi connectivity index (χ3v) is 2.89. The van der Waals surface area contributed by atoms with E-state index < -0.39 is 0 Å². The Kier molecular flexibility index (Phi) is 1.38. The second-order valence-corrected chi connectivity index (χ2v) is 3.69. The van der Waals surface area contributed by atoms with Crippen LogP contribution in [0.4, 0.5) is 0 Å². The van der Waals surface area contributed by atoms with Gasteiger partial charge in [-0.25, -0.2) is 0 Å². The van der Waals surface area contributed by atoms with Crippen LogP contribution in [0.1, 0.15) is 12.8 Å². The molecule has 2 nitrogen and oxygen atoms in total. The van der Waals surface area contributed by atoms with E-state index in [9.17, 15) is 4.79 Å². The average molecular weight is 153 g/mol. The molecule has 3 heteroatoms. The van der Waals surface area contributed by atoms with E-state index in [1.165, 1.54) is 17.3 Å². The highest BCUT2D eigenvalue weighted by atomic mass is 32.2. The van der Waals surface area contributed by atoms with Crippen LogP contribution in [0.2, 0.25) is 0 Å². The molecule has 2 aliphatic heterocycles. The number of rotatable bonds is 0. The Morgan fingerprint density at radius 2 is 2.60 bits per heavy atom. The van der Waals surface area contributed by atoms with Crippen LogP contribution in [0.25, 0.3) is 0 Å². The molecule has 2 heterocycles. The highest BCUT2D eigenvalue weighted by Gasteiger charge is 2.28. The van der Waals surface area contributed by atoms with Crippen molar-refractivity contribution in [3.05, 3.63) is 11.8 Å². The standard InChI is InChI=1S/C7H7NOS/c9-7-3-5-4-8-2-1-6(5)10-7/h2,4,6H,1,3H2. The predicted octanol–water partition coefficient (Wildman–Crippen LogP) is 1.38. The Morgan fingerprint density at radius 1 is 1.70 bits per heavy atom. The minimum Gasteiger partial charge on any atom is -0.287 e. The Bertz CT molecular complexity index is 232. The fraction of sp³-hybridized carbons (Fsp3) is 0.429. The van der Waals surface area contributed by atoms with Gasteiger partial charge < -0.3 is 0 Å². The van der Waals surface area contributed by atoms with Crippen molar-refractivity contribution in [2.45, 2.75) is 18.1 Å². The van der Waals surface area contributed by atoms with Gasteiger partial charge in [-0.1, -0.05) is 11.8 Å². The maximum absolute atomic E-state index is 10.9. The summed E-state index contributed by atoms with van der Waals surface area (Å²) < 4.78 is 0. The highest BCUT2D eigenvalue weighted by Crippen LogP contribution is 2.36. The first-order valence-corrected chi connectivity index (χ1v) is 4.14. The molecule has 0 N–H and O–H groups in total. The third-order valence-electron chi connectivity index (χ3n) is 1.70. The van der Waals surface area contributed by atoms with Gasteiger partial charge in [0.1, 0.15) is 0 Å². The lowest BCUT2D eigenvalue weighted by Gasteiger charge is -2.07. The zero-order chi connectivity index (χ0) is 6.97. The largest absolute Gasteiger partial charge is 0.287 e. The van der Waals surface area contributed by atoms with Gasteiger partial charge >= 0.3 is 0 Å². The van der Waals surface area contributed by atoms with Crippen LogP contribution in [0.5, 0.6) is 0 Å². The van der Waals surface area contributed by atoms with E-state index in [1.807, 2.05) is 12.4 Å². The number of hydrogen-bond donors (Lipinski definition) is 0. The van der Waals surface area contributed by atoms with Crippen molar-refractivity contribution in [2.75, 3.05) is 0 Å². The summed E-state index contributed by atoms with van der Waals surface area (Å²) in [5, 5.41) is 0.715. The zero-order valence-corrected chi connectivity index (χ0v) is 6.23. The number of nitrogens with zero attached hydrogens (tertiary/aromatic N) is 1. The van der Waals surface area contributed by atoms with Crippen LogP contribution in [-0.4, -0.2) is 16.6 Å². The molecule has 0 aromatic rings. The first kappa shape index (κ1) is 6.16. The molecule has 2 aliphatic rings. The van der Waals surface area contributed by atoms with Crippen molar-refractivity contribution in [1.82, 2.24) is 0 Å². The summed E-state index contributed by atoms with van der Waals surface area (Å²) in [6.07, 6.45) is 5.25. The van der Waals surface area contributed by atoms with E-state index in [-0.39, 0.29) is 0 Å². The quantitative estimate of drug-likeness (QED) is 0.526. The number of carbonyl (C=O) groups is 1. The fourth-order valence-corrected chi connectivity index (χ4v) is 2.24. The first-order valence-electron chi connectivity index (χ1n) is 3.26. The van der Waals surface area contributed by atoms with Crippen LogP contribution >= 0.6 is 11.8 Å². The second-order valence-electron chi connectivity index (χ2n) is 2.43. The SMILES string of the molecule is O=C1CC2=CN=CCC2S1. The molecule has 0 bridgehead atoms. The number of fused-ring (bicyclic) bond motifs is 1. The van der Waals surface area contributed by atoms with E-state index in [0.29, 0.717) is 16.8 Å². The van der Waals surface area contributed by atoms with Crippen molar-refractivity contribution in [3.63, 3.8) is 0 Å². The number of thioether (sulfide) groups is 1. The fourth-order valence-electron chi connectivity index (χ4n) is 1.19. The molecule has 0 aromatic heterocycles. The van der Waals surface area contributed by atoms with Crippen LogP contribution < -0.4 is 0 Å². The lowest BCUT2D eigenvalue weighted by molar-refractivity contribution is -0.110. The molecule has 1 atom stereocenters. The molecular weight excluding hydrogens is 146 g/mol.